The Morgan fingerprint density at radius 3 is 2.50 bits per heavy atom. The van der Waals surface area contributed by atoms with Crippen LogP contribution in [0.25, 0.3) is 0 Å². The molecule has 26 heavy (non-hydrogen) atoms. The van der Waals surface area contributed by atoms with Gasteiger partial charge >= 0.3 is 12.0 Å². The van der Waals surface area contributed by atoms with Crippen LogP contribution in [0.15, 0.2) is 30.3 Å². The minimum absolute atomic E-state index is 0.171. The Morgan fingerprint density at radius 2 is 1.85 bits per heavy atom. The zero-order valence-corrected chi connectivity index (χ0v) is 15.4. The summed E-state index contributed by atoms with van der Waals surface area (Å²) in [4.78, 5) is 24.7. The van der Waals surface area contributed by atoms with Crippen LogP contribution < -0.4 is 19.7 Å². The molecule has 0 atom stereocenters. The molecule has 3 rings (SSSR count). The number of rotatable bonds is 4. The van der Waals surface area contributed by atoms with Gasteiger partial charge in [-0.2, -0.15) is 9.97 Å². The van der Waals surface area contributed by atoms with E-state index in [0.717, 1.165) is 0 Å². The van der Waals surface area contributed by atoms with E-state index in [-0.39, 0.29) is 12.0 Å². The Kier molecular flexibility index (Phi) is 5.62. The van der Waals surface area contributed by atoms with E-state index in [2.05, 4.69) is 20.2 Å². The standard InChI is InChI=1S/C17H20ClN5O3/c1-25-15-11-14(20-16(21-15)26-2)22-7-9-23(10-8-22)17(24)19-13-6-4-3-5-12(13)18/h3-6,11H,7-10H2,1-2H3,(H,19,24). The van der Waals surface area contributed by atoms with Gasteiger partial charge in [0.2, 0.25) is 5.88 Å². The van der Waals surface area contributed by atoms with Crippen molar-refractivity contribution in [3.63, 3.8) is 0 Å². The minimum Gasteiger partial charge on any atom is -0.481 e. The molecule has 2 aromatic rings. The number of amides is 2. The number of piperazine rings is 1. The SMILES string of the molecule is COc1cc(N2CCN(C(=O)Nc3ccccc3Cl)CC2)nc(OC)n1. The maximum atomic E-state index is 12.4. The van der Waals surface area contributed by atoms with Crippen molar-refractivity contribution in [1.29, 1.82) is 0 Å². The van der Waals surface area contributed by atoms with E-state index < -0.39 is 0 Å². The third-order valence-corrected chi connectivity index (χ3v) is 4.40. The fourth-order valence-electron chi connectivity index (χ4n) is 2.65. The monoisotopic (exact) mass is 377 g/mol. The van der Waals surface area contributed by atoms with Crippen molar-refractivity contribution in [2.24, 2.45) is 0 Å². The van der Waals surface area contributed by atoms with Crippen molar-refractivity contribution in [3.05, 3.63) is 35.4 Å². The molecule has 1 aliphatic rings. The van der Waals surface area contributed by atoms with Crippen LogP contribution in [0.4, 0.5) is 16.3 Å². The van der Waals surface area contributed by atoms with Gasteiger partial charge in [0.25, 0.3) is 0 Å². The third kappa shape index (κ3) is 4.08. The summed E-state index contributed by atoms with van der Waals surface area (Å²) < 4.78 is 10.3. The molecule has 0 saturated carbocycles. The quantitative estimate of drug-likeness (QED) is 0.881. The Morgan fingerprint density at radius 1 is 1.12 bits per heavy atom. The third-order valence-electron chi connectivity index (χ3n) is 4.07. The summed E-state index contributed by atoms with van der Waals surface area (Å²) in [6.45, 7) is 2.40. The maximum Gasteiger partial charge on any atom is 0.322 e. The zero-order valence-electron chi connectivity index (χ0n) is 14.6. The van der Waals surface area contributed by atoms with Crippen LogP contribution >= 0.6 is 11.6 Å². The number of halogens is 1. The van der Waals surface area contributed by atoms with Crippen molar-refractivity contribution in [2.75, 3.05) is 50.6 Å². The van der Waals surface area contributed by atoms with Crippen LogP contribution in [0.3, 0.4) is 0 Å². The van der Waals surface area contributed by atoms with Gasteiger partial charge in [-0.15, -0.1) is 0 Å². The summed E-state index contributed by atoms with van der Waals surface area (Å²) in [5, 5.41) is 3.36. The highest BCUT2D eigenvalue weighted by Gasteiger charge is 2.23. The number of hydrogen-bond donors (Lipinski definition) is 1. The predicted octanol–water partition coefficient (Wildman–Crippen LogP) is 2.50. The Balaban J connectivity index is 1.62. The van der Waals surface area contributed by atoms with Crippen LogP contribution in [0.5, 0.6) is 11.9 Å². The lowest BCUT2D eigenvalue weighted by atomic mass is 10.3. The first-order valence-electron chi connectivity index (χ1n) is 8.13. The summed E-state index contributed by atoms with van der Waals surface area (Å²) in [7, 11) is 3.05. The molecule has 1 fully saturated rings. The smallest absolute Gasteiger partial charge is 0.322 e. The summed E-state index contributed by atoms with van der Waals surface area (Å²) >= 11 is 6.09. The van der Waals surface area contributed by atoms with Gasteiger partial charge < -0.3 is 24.6 Å². The number of urea groups is 1. The maximum absolute atomic E-state index is 12.4. The number of methoxy groups -OCH3 is 2. The minimum atomic E-state index is -0.171. The number of ether oxygens (including phenoxy) is 2. The second kappa shape index (κ2) is 8.09. The molecule has 1 aromatic carbocycles. The summed E-state index contributed by atoms with van der Waals surface area (Å²) in [5.74, 6) is 1.14. The number of carbonyl (C=O) groups excluding carboxylic acids is 1. The number of para-hydroxylation sites is 1. The topological polar surface area (TPSA) is 79.8 Å². The molecule has 0 bridgehead atoms. The normalized spacial score (nSPS) is 14.1. The second-order valence-corrected chi connectivity index (χ2v) is 6.05. The average molecular weight is 378 g/mol. The molecule has 1 N–H and O–H groups in total. The van der Waals surface area contributed by atoms with Crippen LogP contribution in [-0.4, -0.2) is 61.3 Å². The van der Waals surface area contributed by atoms with Crippen molar-refractivity contribution in [2.45, 2.75) is 0 Å². The summed E-state index contributed by atoms with van der Waals surface area (Å²) in [6.07, 6.45) is 0. The molecule has 0 spiro atoms. The van der Waals surface area contributed by atoms with E-state index >= 15 is 0 Å². The van der Waals surface area contributed by atoms with E-state index in [0.29, 0.717) is 48.6 Å². The largest absolute Gasteiger partial charge is 0.481 e. The molecule has 0 unspecified atom stereocenters. The molecule has 8 nitrogen and oxygen atoms in total. The number of nitrogens with one attached hydrogen (secondary N) is 1. The number of carbonyl (C=O) groups is 1. The summed E-state index contributed by atoms with van der Waals surface area (Å²) in [6, 6.07) is 8.99. The Hall–Kier alpha value is -2.74. The highest BCUT2D eigenvalue weighted by Crippen LogP contribution is 2.23. The fraction of sp³-hybridized carbons (Fsp3) is 0.353. The highest BCUT2D eigenvalue weighted by atomic mass is 35.5. The lowest BCUT2D eigenvalue weighted by Gasteiger charge is -2.35. The number of anilines is 2. The Bertz CT molecular complexity index is 758. The molecule has 2 amide bonds. The van der Waals surface area contributed by atoms with Gasteiger partial charge in [-0.05, 0) is 12.1 Å². The second-order valence-electron chi connectivity index (χ2n) is 5.64. The van der Waals surface area contributed by atoms with Gasteiger partial charge in [-0.3, -0.25) is 0 Å². The van der Waals surface area contributed by atoms with E-state index in [1.54, 1.807) is 30.2 Å². The number of aromatic nitrogens is 2. The van der Waals surface area contributed by atoms with Crippen LogP contribution in [-0.2, 0) is 0 Å². The van der Waals surface area contributed by atoms with Crippen molar-refractivity contribution >= 4 is 29.1 Å². The molecule has 0 radical (unpaired) electrons. The molecular weight excluding hydrogens is 358 g/mol. The predicted molar refractivity (Wildman–Crippen MR) is 99.4 cm³/mol. The first kappa shape index (κ1) is 18.1. The van der Waals surface area contributed by atoms with E-state index in [1.165, 1.54) is 7.11 Å². The van der Waals surface area contributed by atoms with Gasteiger partial charge in [0, 0.05) is 32.2 Å². The first-order valence-corrected chi connectivity index (χ1v) is 8.51. The number of nitrogens with zero attached hydrogens (tertiary/aromatic N) is 4. The van der Waals surface area contributed by atoms with Gasteiger partial charge in [-0.1, -0.05) is 23.7 Å². The molecule has 138 valence electrons. The van der Waals surface area contributed by atoms with Crippen LogP contribution in [0.1, 0.15) is 0 Å². The van der Waals surface area contributed by atoms with Gasteiger partial charge in [-0.25, -0.2) is 4.79 Å². The number of benzene rings is 1. The Labute approximate surface area is 156 Å². The lowest BCUT2D eigenvalue weighted by Crippen LogP contribution is -2.50. The lowest BCUT2D eigenvalue weighted by molar-refractivity contribution is 0.208. The molecule has 1 aliphatic heterocycles. The van der Waals surface area contributed by atoms with E-state index in [1.807, 2.05) is 12.1 Å². The first-order chi connectivity index (χ1) is 12.6. The van der Waals surface area contributed by atoms with Crippen molar-refractivity contribution in [1.82, 2.24) is 14.9 Å². The van der Waals surface area contributed by atoms with Crippen molar-refractivity contribution in [3.8, 4) is 11.9 Å². The summed E-state index contributed by atoms with van der Waals surface area (Å²) in [5.41, 5.74) is 0.604. The van der Waals surface area contributed by atoms with E-state index in [9.17, 15) is 4.79 Å². The molecular formula is C17H20ClN5O3. The van der Waals surface area contributed by atoms with Gasteiger partial charge in [0.05, 0.1) is 24.9 Å². The van der Waals surface area contributed by atoms with Gasteiger partial charge in [0.15, 0.2) is 0 Å². The molecule has 0 aliphatic carbocycles. The molecule has 1 saturated heterocycles. The van der Waals surface area contributed by atoms with E-state index in [4.69, 9.17) is 21.1 Å². The zero-order chi connectivity index (χ0) is 18.5. The molecule has 1 aromatic heterocycles. The van der Waals surface area contributed by atoms with Crippen molar-refractivity contribution < 1.29 is 14.3 Å². The fourth-order valence-corrected chi connectivity index (χ4v) is 2.83. The molecule has 9 heteroatoms. The van der Waals surface area contributed by atoms with Crippen LogP contribution in [0.2, 0.25) is 5.02 Å². The van der Waals surface area contributed by atoms with Gasteiger partial charge in [0.1, 0.15) is 5.82 Å². The van der Waals surface area contributed by atoms with Crippen LogP contribution in [0, 0.1) is 0 Å². The average Bonchev–Trinajstić information content (AvgIpc) is 2.69. The molecule has 2 heterocycles. The highest BCUT2D eigenvalue weighted by molar-refractivity contribution is 6.33. The number of hydrogen-bond acceptors (Lipinski definition) is 6.